The van der Waals surface area contributed by atoms with E-state index in [1.54, 1.807) is 4.90 Å². The Morgan fingerprint density at radius 1 is 1.16 bits per heavy atom. The molecule has 1 amide bonds. The Hall–Kier alpha value is -1.14. The summed E-state index contributed by atoms with van der Waals surface area (Å²) < 4.78 is 5.62. The first kappa shape index (κ1) is 12.9. The smallest absolute Gasteiger partial charge is 0.229 e. The largest absolute Gasteiger partial charge is 0.550 e. The highest BCUT2D eigenvalue weighted by molar-refractivity contribution is 5.86. The molecule has 6 heteroatoms. The third kappa shape index (κ3) is 2.12. The van der Waals surface area contributed by atoms with Gasteiger partial charge < -0.3 is 24.4 Å². The van der Waals surface area contributed by atoms with Crippen LogP contribution in [0.5, 0.6) is 0 Å². The molecule has 0 unspecified atom stereocenters. The summed E-state index contributed by atoms with van der Waals surface area (Å²) in [4.78, 5) is 27.0. The molecule has 6 nitrogen and oxygen atoms in total. The van der Waals surface area contributed by atoms with E-state index in [-0.39, 0.29) is 18.1 Å². The summed E-state index contributed by atoms with van der Waals surface area (Å²) in [6.45, 7) is 3.25. The number of likely N-dealkylation sites (N-methyl/N-ethyl adjacent to an activating group) is 1. The van der Waals surface area contributed by atoms with Gasteiger partial charge in [-0.15, -0.1) is 0 Å². The van der Waals surface area contributed by atoms with Crippen LogP contribution in [0.3, 0.4) is 0 Å². The van der Waals surface area contributed by atoms with Crippen LogP contribution < -0.4 is 10.0 Å². The van der Waals surface area contributed by atoms with E-state index in [9.17, 15) is 14.7 Å². The molecule has 4 atom stereocenters. The molecule has 19 heavy (non-hydrogen) atoms. The molecule has 0 aromatic rings. The summed E-state index contributed by atoms with van der Waals surface area (Å²) in [7, 11) is 2.10. The van der Waals surface area contributed by atoms with Crippen LogP contribution in [0.25, 0.3) is 0 Å². The second-order valence-corrected chi connectivity index (χ2v) is 5.94. The second kappa shape index (κ2) is 4.76. The fourth-order valence-electron chi connectivity index (χ4n) is 3.61. The van der Waals surface area contributed by atoms with Crippen molar-refractivity contribution in [1.82, 2.24) is 4.90 Å². The van der Waals surface area contributed by atoms with Crippen molar-refractivity contribution < 1.29 is 24.3 Å². The van der Waals surface area contributed by atoms with Crippen molar-refractivity contribution in [2.75, 3.05) is 33.2 Å². The molecule has 0 spiro atoms. The van der Waals surface area contributed by atoms with Gasteiger partial charge in [0.25, 0.3) is 0 Å². The lowest BCUT2D eigenvalue weighted by Crippen LogP contribution is -3.12. The van der Waals surface area contributed by atoms with Gasteiger partial charge >= 0.3 is 0 Å². The normalized spacial score (nSPS) is 38.7. The van der Waals surface area contributed by atoms with Crippen LogP contribution in [0.15, 0.2) is 0 Å². The number of ether oxygens (including phenoxy) is 1. The van der Waals surface area contributed by atoms with Crippen LogP contribution in [0, 0.1) is 11.8 Å². The summed E-state index contributed by atoms with van der Waals surface area (Å²) in [5, 5.41) is 11.3. The molecule has 106 valence electrons. The van der Waals surface area contributed by atoms with Crippen molar-refractivity contribution >= 4 is 11.9 Å². The van der Waals surface area contributed by atoms with Crippen molar-refractivity contribution in [3.8, 4) is 0 Å². The van der Waals surface area contributed by atoms with E-state index in [4.69, 9.17) is 4.74 Å². The van der Waals surface area contributed by atoms with Crippen molar-refractivity contribution in [2.45, 2.75) is 25.0 Å². The monoisotopic (exact) mass is 268 g/mol. The number of carboxylic acid groups (broad SMARTS) is 1. The maximum Gasteiger partial charge on any atom is 0.229 e. The minimum absolute atomic E-state index is 0.0473. The molecule has 0 aliphatic carbocycles. The van der Waals surface area contributed by atoms with E-state index in [0.29, 0.717) is 13.1 Å². The van der Waals surface area contributed by atoms with E-state index in [1.165, 1.54) is 4.90 Å². The number of amides is 1. The number of hydrogen-bond acceptors (Lipinski definition) is 4. The van der Waals surface area contributed by atoms with Gasteiger partial charge in [-0.05, 0) is 12.8 Å². The number of rotatable bonds is 2. The highest BCUT2D eigenvalue weighted by Gasteiger charge is 2.53. The third-order valence-corrected chi connectivity index (χ3v) is 4.76. The Bertz CT molecular complexity index is 392. The molecule has 3 aliphatic heterocycles. The molecule has 3 heterocycles. The van der Waals surface area contributed by atoms with Gasteiger partial charge in [-0.2, -0.15) is 0 Å². The number of nitrogens with zero attached hydrogens (tertiary/aromatic N) is 1. The molecule has 3 fully saturated rings. The zero-order valence-corrected chi connectivity index (χ0v) is 11.1. The predicted molar refractivity (Wildman–Crippen MR) is 63.1 cm³/mol. The highest BCUT2D eigenvalue weighted by atomic mass is 16.5. The number of fused-ring (bicyclic) bond motifs is 2. The zero-order chi connectivity index (χ0) is 13.6. The van der Waals surface area contributed by atoms with E-state index in [1.807, 2.05) is 0 Å². The van der Waals surface area contributed by atoms with Crippen molar-refractivity contribution in [2.24, 2.45) is 11.8 Å². The molecule has 3 saturated heterocycles. The van der Waals surface area contributed by atoms with Gasteiger partial charge in [0.15, 0.2) is 0 Å². The fourth-order valence-corrected chi connectivity index (χ4v) is 3.61. The predicted octanol–water partition coefficient (Wildman–Crippen LogP) is -3.11. The lowest BCUT2D eigenvalue weighted by molar-refractivity contribution is -0.883. The maximum atomic E-state index is 12.6. The first-order valence-corrected chi connectivity index (χ1v) is 7.04. The Morgan fingerprint density at radius 2 is 1.74 bits per heavy atom. The molecule has 3 aliphatic rings. The third-order valence-electron chi connectivity index (χ3n) is 4.76. The SMILES string of the molecule is C[NH+]1CCN(C(=O)[C@H]2[C@@H](C(=O)[O-])[C@@H]3CC[C@H]2O3)CC1. The number of carbonyl (C=O) groups is 2. The molecule has 0 aromatic carbocycles. The topological polar surface area (TPSA) is 74.1 Å². The second-order valence-electron chi connectivity index (χ2n) is 5.94. The Morgan fingerprint density at radius 3 is 2.32 bits per heavy atom. The van der Waals surface area contributed by atoms with Gasteiger partial charge in [0.05, 0.1) is 51.4 Å². The first-order valence-electron chi connectivity index (χ1n) is 7.04. The van der Waals surface area contributed by atoms with Crippen LogP contribution in [0.1, 0.15) is 12.8 Å². The number of aliphatic carboxylic acids is 1. The van der Waals surface area contributed by atoms with E-state index >= 15 is 0 Å². The van der Waals surface area contributed by atoms with Crippen molar-refractivity contribution in [3.05, 3.63) is 0 Å². The van der Waals surface area contributed by atoms with Crippen molar-refractivity contribution in [3.63, 3.8) is 0 Å². The first-order chi connectivity index (χ1) is 9.08. The minimum Gasteiger partial charge on any atom is -0.550 e. The fraction of sp³-hybridized carbons (Fsp3) is 0.846. The molecule has 0 saturated carbocycles. The van der Waals surface area contributed by atoms with E-state index in [0.717, 1.165) is 25.9 Å². The summed E-state index contributed by atoms with van der Waals surface area (Å²) in [6.07, 6.45) is 0.999. The van der Waals surface area contributed by atoms with Gasteiger partial charge in [-0.1, -0.05) is 0 Å². The van der Waals surface area contributed by atoms with Gasteiger partial charge in [-0.25, -0.2) is 0 Å². The molecule has 0 radical (unpaired) electrons. The lowest BCUT2D eigenvalue weighted by atomic mass is 9.78. The highest BCUT2D eigenvalue weighted by Crippen LogP contribution is 2.44. The molecule has 2 bridgehead atoms. The van der Waals surface area contributed by atoms with Gasteiger partial charge in [0.2, 0.25) is 5.91 Å². The maximum absolute atomic E-state index is 12.6. The lowest BCUT2D eigenvalue weighted by Gasteiger charge is -2.35. The molecule has 0 aromatic heterocycles. The van der Waals surface area contributed by atoms with Gasteiger partial charge in [0.1, 0.15) is 0 Å². The molecule has 3 rings (SSSR count). The molecule has 1 N–H and O–H groups in total. The summed E-state index contributed by atoms with van der Waals surface area (Å²) in [5.74, 6) is -2.46. The Labute approximate surface area is 112 Å². The van der Waals surface area contributed by atoms with Gasteiger partial charge in [0, 0.05) is 11.9 Å². The van der Waals surface area contributed by atoms with Crippen molar-refractivity contribution in [1.29, 1.82) is 0 Å². The van der Waals surface area contributed by atoms with Crippen LogP contribution in [0.2, 0.25) is 0 Å². The number of nitrogens with one attached hydrogen (secondary N) is 1. The Balaban J connectivity index is 1.73. The number of carboxylic acids is 1. The minimum atomic E-state index is -1.13. The summed E-state index contributed by atoms with van der Waals surface area (Å²) in [6, 6.07) is 0. The standard InChI is InChI=1S/C13H20N2O4/c1-14-4-6-15(7-5-14)12(16)10-8-2-3-9(19-8)11(10)13(17)18/h8-11H,2-7H2,1H3,(H,17,18)/t8-,9+,10-,11+/m1/s1. The average Bonchev–Trinajstić information content (AvgIpc) is 2.98. The number of hydrogen-bond donors (Lipinski definition) is 1. The molecular formula is C13H20N2O4. The Kier molecular flexibility index (Phi) is 3.22. The summed E-state index contributed by atoms with van der Waals surface area (Å²) >= 11 is 0. The van der Waals surface area contributed by atoms with Crippen LogP contribution in [-0.2, 0) is 14.3 Å². The zero-order valence-electron chi connectivity index (χ0n) is 11.1. The number of quaternary nitrogens is 1. The van der Waals surface area contributed by atoms with Crippen LogP contribution in [-0.4, -0.2) is 62.2 Å². The van der Waals surface area contributed by atoms with Gasteiger partial charge in [-0.3, -0.25) is 4.79 Å². The average molecular weight is 268 g/mol. The molecular weight excluding hydrogens is 248 g/mol. The van der Waals surface area contributed by atoms with E-state index < -0.39 is 17.8 Å². The number of carbonyl (C=O) groups excluding carboxylic acids is 2. The summed E-state index contributed by atoms with van der Waals surface area (Å²) in [5.41, 5.74) is 0. The number of piperazine rings is 1. The van der Waals surface area contributed by atoms with E-state index in [2.05, 4.69) is 7.05 Å². The van der Waals surface area contributed by atoms with Crippen LogP contribution >= 0.6 is 0 Å². The van der Waals surface area contributed by atoms with Crippen LogP contribution in [0.4, 0.5) is 0 Å². The quantitative estimate of drug-likeness (QED) is 0.575.